The van der Waals surface area contributed by atoms with E-state index in [0.717, 1.165) is 0 Å². The van der Waals surface area contributed by atoms with E-state index in [4.69, 9.17) is 47.0 Å². The van der Waals surface area contributed by atoms with E-state index in [2.05, 4.69) is 0 Å². The van der Waals surface area contributed by atoms with E-state index in [1.165, 1.54) is 34.5 Å². The van der Waals surface area contributed by atoms with Crippen molar-refractivity contribution in [3.8, 4) is 40.1 Å². The number of fused-ring (bicyclic) bond motifs is 1. The van der Waals surface area contributed by atoms with Gasteiger partial charge in [0.25, 0.3) is 0 Å². The van der Waals surface area contributed by atoms with Gasteiger partial charge in [0.05, 0.1) is 34.5 Å². The Balaban J connectivity index is 1.81. The zero-order valence-electron chi connectivity index (χ0n) is 23.3. The summed E-state index contributed by atoms with van der Waals surface area (Å²) in [6, 6.07) is 8.17. The molecule has 2 heterocycles. The largest absolute Gasteiger partial charge is 0.493 e. The molecule has 212 valence electrons. The fraction of sp³-hybridized carbons (Fsp3) is 0.464. The Morgan fingerprint density at radius 2 is 1.36 bits per heavy atom. The van der Waals surface area contributed by atoms with Gasteiger partial charge in [0.1, 0.15) is 35.0 Å². The molecule has 0 radical (unpaired) electrons. The Hall–Kier alpha value is -3.51. The second-order valence-corrected chi connectivity index (χ2v) is 8.79. The van der Waals surface area contributed by atoms with Crippen LogP contribution in [0.15, 0.2) is 39.5 Å². The maximum atomic E-state index is 13.4. The topological polar surface area (TPSA) is 113 Å². The lowest BCUT2D eigenvalue weighted by Crippen LogP contribution is -2.60. The predicted molar refractivity (Wildman–Crippen MR) is 141 cm³/mol. The SMILES string of the molecule is COc1ccc(-c2cc(=O)c3c(OC)c(OC4OC(C)C(OC)C(OC)C4OC)c(OC)cc3o2)cc1OC. The van der Waals surface area contributed by atoms with E-state index < -0.39 is 18.5 Å². The molecule has 1 aliphatic heterocycles. The smallest absolute Gasteiger partial charge is 0.229 e. The van der Waals surface area contributed by atoms with Crippen molar-refractivity contribution in [3.63, 3.8) is 0 Å². The highest BCUT2D eigenvalue weighted by atomic mass is 16.7. The Labute approximate surface area is 226 Å². The van der Waals surface area contributed by atoms with E-state index >= 15 is 0 Å². The molecule has 5 unspecified atom stereocenters. The van der Waals surface area contributed by atoms with Crippen molar-refractivity contribution in [1.29, 1.82) is 0 Å². The summed E-state index contributed by atoms with van der Waals surface area (Å²) in [5.41, 5.74) is 0.514. The lowest BCUT2D eigenvalue weighted by atomic mass is 9.99. The minimum atomic E-state index is -0.931. The maximum Gasteiger partial charge on any atom is 0.229 e. The zero-order chi connectivity index (χ0) is 28.3. The molecule has 5 atom stereocenters. The molecule has 1 fully saturated rings. The molecule has 0 bridgehead atoms. The first-order chi connectivity index (χ1) is 18.8. The van der Waals surface area contributed by atoms with Crippen LogP contribution in [-0.2, 0) is 18.9 Å². The molecule has 0 N–H and O–H groups in total. The summed E-state index contributed by atoms with van der Waals surface area (Å²) < 4.78 is 57.5. The van der Waals surface area contributed by atoms with Crippen LogP contribution in [-0.4, -0.2) is 80.5 Å². The number of hydrogen-bond acceptors (Lipinski definition) is 11. The van der Waals surface area contributed by atoms with E-state index in [1.807, 2.05) is 6.92 Å². The molecule has 3 aromatic rings. The molecule has 0 aliphatic carbocycles. The van der Waals surface area contributed by atoms with Gasteiger partial charge in [0.2, 0.25) is 12.0 Å². The maximum absolute atomic E-state index is 13.4. The molecule has 11 heteroatoms. The average Bonchev–Trinajstić information content (AvgIpc) is 2.95. The van der Waals surface area contributed by atoms with Crippen LogP contribution in [0.2, 0.25) is 0 Å². The van der Waals surface area contributed by atoms with Crippen molar-refractivity contribution in [1.82, 2.24) is 0 Å². The second-order valence-electron chi connectivity index (χ2n) is 8.79. The van der Waals surface area contributed by atoms with Gasteiger partial charge < -0.3 is 47.0 Å². The Kier molecular flexibility index (Phi) is 8.86. The molecule has 0 spiro atoms. The van der Waals surface area contributed by atoms with Crippen LogP contribution < -0.4 is 29.1 Å². The summed E-state index contributed by atoms with van der Waals surface area (Å²) in [5.74, 6) is 1.92. The number of benzene rings is 2. The van der Waals surface area contributed by atoms with Gasteiger partial charge in [-0.25, -0.2) is 0 Å². The lowest BCUT2D eigenvalue weighted by Gasteiger charge is -2.43. The van der Waals surface area contributed by atoms with Crippen LogP contribution in [0, 0.1) is 0 Å². The molecule has 4 rings (SSSR count). The molecule has 0 saturated carbocycles. The number of methoxy groups -OCH3 is 7. The minimum Gasteiger partial charge on any atom is -0.493 e. The van der Waals surface area contributed by atoms with Gasteiger partial charge in [-0.2, -0.15) is 0 Å². The highest BCUT2D eigenvalue weighted by molar-refractivity contribution is 5.90. The summed E-state index contributed by atoms with van der Waals surface area (Å²) in [6.45, 7) is 1.85. The predicted octanol–water partition coefficient (Wildman–Crippen LogP) is 3.66. The van der Waals surface area contributed by atoms with Crippen LogP contribution in [0.5, 0.6) is 28.7 Å². The summed E-state index contributed by atoms with van der Waals surface area (Å²) >= 11 is 0. The van der Waals surface area contributed by atoms with Crippen LogP contribution in [0.4, 0.5) is 0 Å². The van der Waals surface area contributed by atoms with Gasteiger partial charge in [0, 0.05) is 39.0 Å². The Morgan fingerprint density at radius 1 is 0.692 bits per heavy atom. The average molecular weight is 547 g/mol. The molecule has 11 nitrogen and oxygen atoms in total. The van der Waals surface area contributed by atoms with Crippen molar-refractivity contribution in [2.45, 2.75) is 37.6 Å². The lowest BCUT2D eigenvalue weighted by molar-refractivity contribution is -0.283. The summed E-state index contributed by atoms with van der Waals surface area (Å²) in [4.78, 5) is 13.4. The first-order valence-electron chi connectivity index (χ1n) is 12.2. The Bertz CT molecular complexity index is 1350. The summed E-state index contributed by atoms with van der Waals surface area (Å²) in [7, 11) is 10.7. The highest BCUT2D eigenvalue weighted by Gasteiger charge is 2.47. The fourth-order valence-corrected chi connectivity index (χ4v) is 4.86. The molecule has 0 amide bonds. The van der Waals surface area contributed by atoms with Gasteiger partial charge in [-0.1, -0.05) is 0 Å². The summed E-state index contributed by atoms with van der Waals surface area (Å²) in [6.07, 6.45) is -2.85. The van der Waals surface area contributed by atoms with Gasteiger partial charge in [0.15, 0.2) is 28.4 Å². The first kappa shape index (κ1) is 28.5. The normalized spacial score (nSPS) is 22.9. The fourth-order valence-electron chi connectivity index (χ4n) is 4.86. The van der Waals surface area contributed by atoms with Gasteiger partial charge in [-0.05, 0) is 25.1 Å². The van der Waals surface area contributed by atoms with E-state index in [1.54, 1.807) is 45.6 Å². The zero-order valence-corrected chi connectivity index (χ0v) is 23.3. The third kappa shape index (κ3) is 5.22. The molecule has 1 aromatic heterocycles. The monoisotopic (exact) mass is 546 g/mol. The minimum absolute atomic E-state index is 0.130. The standard InChI is InChI=1S/C28H34O11/c1-14-23(33-5)26(35-7)27(36-8)28(37-14)39-24-21(32-4)13-20-22(25(24)34-6)16(29)12-18(38-20)15-9-10-17(30-2)19(11-15)31-3/h9-14,23,26-28H,1-8H3. The third-order valence-corrected chi connectivity index (χ3v) is 6.76. The van der Waals surface area contributed by atoms with E-state index in [-0.39, 0.29) is 45.9 Å². The summed E-state index contributed by atoms with van der Waals surface area (Å²) in [5, 5.41) is 0.174. The number of rotatable bonds is 10. The van der Waals surface area contributed by atoms with Gasteiger partial charge >= 0.3 is 0 Å². The van der Waals surface area contributed by atoms with Crippen molar-refractivity contribution < 1.29 is 47.0 Å². The van der Waals surface area contributed by atoms with Crippen molar-refractivity contribution >= 4 is 11.0 Å². The van der Waals surface area contributed by atoms with Crippen molar-refractivity contribution in [2.75, 3.05) is 49.8 Å². The second kappa shape index (κ2) is 12.1. The third-order valence-electron chi connectivity index (χ3n) is 6.76. The molecule has 2 aromatic carbocycles. The molecule has 39 heavy (non-hydrogen) atoms. The molecular formula is C28H34O11. The molecule has 1 saturated heterocycles. The van der Waals surface area contributed by atoms with Crippen LogP contribution in [0.3, 0.4) is 0 Å². The van der Waals surface area contributed by atoms with Crippen molar-refractivity contribution in [2.24, 2.45) is 0 Å². The van der Waals surface area contributed by atoms with E-state index in [9.17, 15) is 4.79 Å². The molecular weight excluding hydrogens is 512 g/mol. The Morgan fingerprint density at radius 3 is 1.95 bits per heavy atom. The van der Waals surface area contributed by atoms with E-state index in [0.29, 0.717) is 22.8 Å². The first-order valence-corrected chi connectivity index (χ1v) is 12.2. The van der Waals surface area contributed by atoms with Gasteiger partial charge in [-0.15, -0.1) is 0 Å². The number of hydrogen-bond donors (Lipinski definition) is 0. The van der Waals surface area contributed by atoms with Crippen LogP contribution in [0.25, 0.3) is 22.3 Å². The quantitative estimate of drug-likeness (QED) is 0.371. The highest BCUT2D eigenvalue weighted by Crippen LogP contribution is 2.45. The van der Waals surface area contributed by atoms with Crippen LogP contribution in [0.1, 0.15) is 6.92 Å². The number of ether oxygens (including phenoxy) is 9. The van der Waals surface area contributed by atoms with Crippen molar-refractivity contribution in [3.05, 3.63) is 40.6 Å². The molecule has 1 aliphatic rings. The van der Waals surface area contributed by atoms with Gasteiger partial charge in [-0.3, -0.25) is 4.79 Å². The van der Waals surface area contributed by atoms with Crippen LogP contribution >= 0.6 is 0 Å².